The molecule has 0 bridgehead atoms. The van der Waals surface area contributed by atoms with Crippen molar-refractivity contribution in [2.45, 2.75) is 39.5 Å². The van der Waals surface area contributed by atoms with Crippen LogP contribution in [0.1, 0.15) is 46.3 Å². The normalized spacial score (nSPS) is 16.1. The molecule has 0 unspecified atom stereocenters. The summed E-state index contributed by atoms with van der Waals surface area (Å²) < 4.78 is 5.44. The number of nitrogens with zero attached hydrogens (tertiary/aromatic N) is 2. The van der Waals surface area contributed by atoms with E-state index in [-0.39, 0.29) is 11.9 Å². The van der Waals surface area contributed by atoms with Crippen molar-refractivity contribution in [1.29, 1.82) is 0 Å². The molecular weight excluding hydrogens is 538 g/mol. The van der Waals surface area contributed by atoms with E-state index in [9.17, 15) is 9.59 Å². The highest BCUT2D eigenvalue weighted by Crippen LogP contribution is 2.30. The Labute approximate surface area is 255 Å². The van der Waals surface area contributed by atoms with Crippen LogP contribution in [0.15, 0.2) is 66.7 Å². The number of urea groups is 1. The number of ether oxygens (including phenoxy) is 1. The SMILES string of the molecule is Cc1ccc(NC(=O)Nc2ccc(N3CCC(Cc4ccccc4)CC3)c(C(=O)NCCCN3CCOCC3)c2)c(C)c1. The predicted molar refractivity (Wildman–Crippen MR) is 174 cm³/mol. The molecule has 0 atom stereocenters. The van der Waals surface area contributed by atoms with Gasteiger partial charge in [0.25, 0.3) is 5.91 Å². The molecule has 2 aliphatic rings. The van der Waals surface area contributed by atoms with Crippen LogP contribution in [-0.2, 0) is 11.2 Å². The van der Waals surface area contributed by atoms with Gasteiger partial charge in [0.15, 0.2) is 0 Å². The second-order valence-corrected chi connectivity index (χ2v) is 11.8. The highest BCUT2D eigenvalue weighted by atomic mass is 16.5. The van der Waals surface area contributed by atoms with Gasteiger partial charge in [-0.1, -0.05) is 48.0 Å². The Kier molecular flexibility index (Phi) is 10.7. The lowest BCUT2D eigenvalue weighted by atomic mass is 9.89. The minimum atomic E-state index is -0.335. The van der Waals surface area contributed by atoms with Gasteiger partial charge in [0.2, 0.25) is 0 Å². The number of piperidine rings is 1. The fourth-order valence-corrected chi connectivity index (χ4v) is 6.06. The quantitative estimate of drug-likeness (QED) is 0.261. The lowest BCUT2D eigenvalue weighted by molar-refractivity contribution is 0.0374. The maximum absolute atomic E-state index is 13.6. The number of rotatable bonds is 10. The molecule has 43 heavy (non-hydrogen) atoms. The molecular formula is C35H45N5O3. The predicted octanol–water partition coefficient (Wildman–Crippen LogP) is 5.86. The monoisotopic (exact) mass is 583 g/mol. The molecule has 0 aromatic heterocycles. The number of carbonyl (C=O) groups excluding carboxylic acids is 2. The summed E-state index contributed by atoms with van der Waals surface area (Å²) in [5.41, 5.74) is 6.39. The van der Waals surface area contributed by atoms with Gasteiger partial charge in [-0.25, -0.2) is 4.79 Å². The van der Waals surface area contributed by atoms with Crippen molar-refractivity contribution in [1.82, 2.24) is 10.2 Å². The largest absolute Gasteiger partial charge is 0.379 e. The topological polar surface area (TPSA) is 85.9 Å². The summed E-state index contributed by atoms with van der Waals surface area (Å²) in [6, 6.07) is 21.9. The third-order valence-electron chi connectivity index (χ3n) is 8.49. The van der Waals surface area contributed by atoms with Crippen molar-refractivity contribution in [3.8, 4) is 0 Å². The Morgan fingerprint density at radius 2 is 1.65 bits per heavy atom. The van der Waals surface area contributed by atoms with Gasteiger partial charge in [0.1, 0.15) is 0 Å². The van der Waals surface area contributed by atoms with E-state index in [0.717, 1.165) is 94.1 Å². The number of nitrogens with one attached hydrogen (secondary N) is 3. The fraction of sp³-hybridized carbons (Fsp3) is 0.429. The average Bonchev–Trinajstić information content (AvgIpc) is 3.02. The summed E-state index contributed by atoms with van der Waals surface area (Å²) in [5.74, 6) is 0.521. The van der Waals surface area contributed by atoms with Gasteiger partial charge in [0, 0.05) is 49.8 Å². The van der Waals surface area contributed by atoms with Gasteiger partial charge in [0.05, 0.1) is 18.8 Å². The minimum absolute atomic E-state index is 0.109. The lowest BCUT2D eigenvalue weighted by Gasteiger charge is -2.35. The van der Waals surface area contributed by atoms with E-state index in [2.05, 4.69) is 56.1 Å². The van der Waals surface area contributed by atoms with Gasteiger partial charge in [-0.05, 0) is 87.4 Å². The summed E-state index contributed by atoms with van der Waals surface area (Å²) in [6.07, 6.45) is 4.12. The zero-order valence-corrected chi connectivity index (χ0v) is 25.5. The average molecular weight is 584 g/mol. The number of benzene rings is 3. The number of anilines is 3. The number of morpholine rings is 1. The van der Waals surface area contributed by atoms with Crippen molar-refractivity contribution in [2.75, 3.05) is 68.0 Å². The van der Waals surface area contributed by atoms with Crippen molar-refractivity contribution in [3.05, 3.63) is 89.0 Å². The summed E-state index contributed by atoms with van der Waals surface area (Å²) in [4.78, 5) is 31.2. The van der Waals surface area contributed by atoms with Crippen LogP contribution in [0.25, 0.3) is 0 Å². The van der Waals surface area contributed by atoms with Crippen molar-refractivity contribution in [3.63, 3.8) is 0 Å². The highest BCUT2D eigenvalue weighted by molar-refractivity contribution is 6.04. The van der Waals surface area contributed by atoms with Crippen LogP contribution in [0.4, 0.5) is 21.9 Å². The van der Waals surface area contributed by atoms with Gasteiger partial charge < -0.3 is 25.6 Å². The first-order chi connectivity index (χ1) is 20.9. The second kappa shape index (κ2) is 15.0. The molecule has 0 spiro atoms. The van der Waals surface area contributed by atoms with Crippen LogP contribution in [0.3, 0.4) is 0 Å². The van der Waals surface area contributed by atoms with Crippen LogP contribution in [0.5, 0.6) is 0 Å². The second-order valence-electron chi connectivity index (χ2n) is 11.8. The van der Waals surface area contributed by atoms with E-state index in [1.54, 1.807) is 0 Å². The molecule has 0 saturated carbocycles. The molecule has 228 valence electrons. The van der Waals surface area contributed by atoms with Gasteiger partial charge in [-0.2, -0.15) is 0 Å². The molecule has 3 aromatic carbocycles. The van der Waals surface area contributed by atoms with Crippen molar-refractivity contribution in [2.24, 2.45) is 5.92 Å². The maximum atomic E-state index is 13.6. The summed E-state index contributed by atoms with van der Waals surface area (Å²) in [6.45, 7) is 10.8. The first-order valence-electron chi connectivity index (χ1n) is 15.6. The maximum Gasteiger partial charge on any atom is 0.323 e. The number of hydrogen-bond acceptors (Lipinski definition) is 5. The number of hydrogen-bond donors (Lipinski definition) is 3. The summed E-state index contributed by atoms with van der Waals surface area (Å²) >= 11 is 0. The Hall–Kier alpha value is -3.88. The Bertz CT molecular complexity index is 1370. The van der Waals surface area contributed by atoms with E-state index < -0.39 is 0 Å². The first-order valence-corrected chi connectivity index (χ1v) is 15.6. The van der Waals surface area contributed by atoms with E-state index in [0.29, 0.717) is 23.7 Å². The molecule has 8 nitrogen and oxygen atoms in total. The molecule has 0 radical (unpaired) electrons. The Morgan fingerprint density at radius 1 is 0.884 bits per heavy atom. The van der Waals surface area contributed by atoms with E-state index >= 15 is 0 Å². The minimum Gasteiger partial charge on any atom is -0.379 e. The smallest absolute Gasteiger partial charge is 0.323 e. The van der Waals surface area contributed by atoms with E-state index in [4.69, 9.17) is 4.74 Å². The zero-order valence-electron chi connectivity index (χ0n) is 25.5. The van der Waals surface area contributed by atoms with Crippen LogP contribution in [0, 0.1) is 19.8 Å². The molecule has 2 fully saturated rings. The Morgan fingerprint density at radius 3 is 2.40 bits per heavy atom. The third kappa shape index (κ3) is 8.81. The molecule has 2 aliphatic heterocycles. The fourth-order valence-electron chi connectivity index (χ4n) is 6.06. The number of carbonyl (C=O) groups is 2. The number of amides is 3. The first kappa shape index (κ1) is 30.6. The van der Waals surface area contributed by atoms with Crippen LogP contribution >= 0.6 is 0 Å². The molecule has 5 rings (SSSR count). The summed E-state index contributed by atoms with van der Waals surface area (Å²) in [7, 11) is 0. The lowest BCUT2D eigenvalue weighted by Crippen LogP contribution is -2.38. The van der Waals surface area contributed by atoms with Crippen LogP contribution < -0.4 is 20.9 Å². The third-order valence-corrected chi connectivity index (χ3v) is 8.49. The van der Waals surface area contributed by atoms with Gasteiger partial charge >= 0.3 is 6.03 Å². The van der Waals surface area contributed by atoms with Gasteiger partial charge in [-0.3, -0.25) is 9.69 Å². The van der Waals surface area contributed by atoms with Gasteiger partial charge in [-0.15, -0.1) is 0 Å². The Balaban J connectivity index is 1.24. The standard InChI is InChI=1S/C35H45N5O3/c1-26-9-11-32(27(2)23-26)38-35(42)37-30-10-12-33(40-17-13-29(14-18-40)24-28-7-4-3-5-8-28)31(25-30)34(41)36-15-6-16-39-19-21-43-22-20-39/h3-5,7-12,23,25,29H,6,13-22,24H2,1-2H3,(H,36,41)(H2,37,38,42). The molecule has 3 N–H and O–H groups in total. The van der Waals surface area contributed by atoms with E-state index in [1.807, 2.05) is 50.2 Å². The molecule has 8 heteroatoms. The molecule has 2 heterocycles. The summed E-state index contributed by atoms with van der Waals surface area (Å²) in [5, 5.41) is 9.01. The molecule has 3 amide bonds. The molecule has 0 aliphatic carbocycles. The van der Waals surface area contributed by atoms with Crippen molar-refractivity contribution < 1.29 is 14.3 Å². The van der Waals surface area contributed by atoms with Crippen LogP contribution in [-0.4, -0.2) is 69.3 Å². The highest BCUT2D eigenvalue weighted by Gasteiger charge is 2.24. The van der Waals surface area contributed by atoms with Crippen molar-refractivity contribution >= 4 is 29.0 Å². The van der Waals surface area contributed by atoms with Crippen LogP contribution in [0.2, 0.25) is 0 Å². The molecule has 3 aromatic rings. The number of aryl methyl sites for hydroxylation is 2. The zero-order chi connectivity index (χ0) is 30.0. The molecule has 2 saturated heterocycles. The van der Waals surface area contributed by atoms with E-state index in [1.165, 1.54) is 5.56 Å².